The molecule has 0 aromatic heterocycles. The highest BCUT2D eigenvalue weighted by Gasteiger charge is 2.08. The number of aryl methyl sites for hydroxylation is 1. The highest BCUT2D eigenvalue weighted by atomic mass is 79.9. The highest BCUT2D eigenvalue weighted by Crippen LogP contribution is 2.22. The standard InChI is InChI=1S/C15H14BrFN2O2/c1-9-6-10(16)2-5-14(9)21-8-15(20)19-13-4-3-11(17)7-12(13)18/h2-7H,8,18H2,1H3,(H,19,20). The summed E-state index contributed by atoms with van der Waals surface area (Å²) >= 11 is 3.35. The fourth-order valence-corrected chi connectivity index (χ4v) is 2.23. The van der Waals surface area contributed by atoms with Crippen LogP contribution in [0.25, 0.3) is 0 Å². The third-order valence-electron chi connectivity index (χ3n) is 2.78. The summed E-state index contributed by atoms with van der Waals surface area (Å²) in [5.74, 6) is -0.191. The summed E-state index contributed by atoms with van der Waals surface area (Å²) in [6.07, 6.45) is 0. The second-order valence-corrected chi connectivity index (χ2v) is 5.39. The molecule has 0 unspecified atom stereocenters. The van der Waals surface area contributed by atoms with E-state index in [1.54, 1.807) is 6.07 Å². The van der Waals surface area contributed by atoms with Gasteiger partial charge in [0, 0.05) is 4.47 Å². The fraction of sp³-hybridized carbons (Fsp3) is 0.133. The van der Waals surface area contributed by atoms with Crippen LogP contribution in [0.2, 0.25) is 0 Å². The van der Waals surface area contributed by atoms with Crippen molar-refractivity contribution in [2.75, 3.05) is 17.7 Å². The molecule has 0 radical (unpaired) electrons. The molecule has 6 heteroatoms. The summed E-state index contributed by atoms with van der Waals surface area (Å²) in [6, 6.07) is 9.29. The summed E-state index contributed by atoms with van der Waals surface area (Å²) in [5, 5.41) is 2.57. The minimum Gasteiger partial charge on any atom is -0.483 e. The van der Waals surface area contributed by atoms with Crippen molar-refractivity contribution in [1.82, 2.24) is 0 Å². The van der Waals surface area contributed by atoms with Crippen LogP contribution in [0.3, 0.4) is 0 Å². The van der Waals surface area contributed by atoms with E-state index in [-0.39, 0.29) is 18.2 Å². The molecule has 2 aromatic carbocycles. The summed E-state index contributed by atoms with van der Waals surface area (Å²) in [5.41, 5.74) is 7.06. The van der Waals surface area contributed by atoms with Gasteiger partial charge in [0.25, 0.3) is 5.91 Å². The van der Waals surface area contributed by atoms with Crippen LogP contribution < -0.4 is 15.8 Å². The van der Waals surface area contributed by atoms with Crippen molar-refractivity contribution in [1.29, 1.82) is 0 Å². The van der Waals surface area contributed by atoms with Gasteiger partial charge in [0.05, 0.1) is 11.4 Å². The lowest BCUT2D eigenvalue weighted by atomic mass is 10.2. The number of hydrogen-bond donors (Lipinski definition) is 2. The molecule has 2 aromatic rings. The number of hydrogen-bond acceptors (Lipinski definition) is 3. The van der Waals surface area contributed by atoms with Gasteiger partial charge in [-0.05, 0) is 48.9 Å². The average Bonchev–Trinajstić information content (AvgIpc) is 2.41. The van der Waals surface area contributed by atoms with Crippen LogP contribution in [0.15, 0.2) is 40.9 Å². The molecule has 2 rings (SSSR count). The number of anilines is 2. The van der Waals surface area contributed by atoms with E-state index in [2.05, 4.69) is 21.2 Å². The van der Waals surface area contributed by atoms with Crippen molar-refractivity contribution in [3.05, 3.63) is 52.3 Å². The third-order valence-corrected chi connectivity index (χ3v) is 3.28. The van der Waals surface area contributed by atoms with Crippen molar-refractivity contribution >= 4 is 33.2 Å². The van der Waals surface area contributed by atoms with E-state index >= 15 is 0 Å². The van der Waals surface area contributed by atoms with Crippen molar-refractivity contribution in [2.24, 2.45) is 0 Å². The zero-order valence-corrected chi connectivity index (χ0v) is 12.9. The minimum absolute atomic E-state index is 0.153. The molecular formula is C15H14BrFN2O2. The molecule has 0 bridgehead atoms. The summed E-state index contributed by atoms with van der Waals surface area (Å²) < 4.78 is 19.3. The molecular weight excluding hydrogens is 339 g/mol. The van der Waals surface area contributed by atoms with E-state index < -0.39 is 5.82 Å². The first-order valence-corrected chi connectivity index (χ1v) is 6.99. The van der Waals surface area contributed by atoms with Crippen molar-refractivity contribution in [3.8, 4) is 5.75 Å². The Morgan fingerprint density at radius 2 is 2.10 bits per heavy atom. The van der Waals surface area contributed by atoms with Crippen LogP contribution in [-0.2, 0) is 4.79 Å². The van der Waals surface area contributed by atoms with Crippen molar-refractivity contribution in [3.63, 3.8) is 0 Å². The Morgan fingerprint density at radius 1 is 1.33 bits per heavy atom. The van der Waals surface area contributed by atoms with Gasteiger partial charge in [-0.2, -0.15) is 0 Å². The first-order chi connectivity index (χ1) is 9.95. The fourth-order valence-electron chi connectivity index (χ4n) is 1.75. The number of halogens is 2. The van der Waals surface area contributed by atoms with Gasteiger partial charge in [0.15, 0.2) is 6.61 Å². The Hall–Kier alpha value is -2.08. The number of nitrogens with one attached hydrogen (secondary N) is 1. The number of carbonyl (C=O) groups excluding carboxylic acids is 1. The molecule has 1 amide bonds. The quantitative estimate of drug-likeness (QED) is 0.827. The number of nitrogen functional groups attached to an aromatic ring is 1. The van der Waals surface area contributed by atoms with Gasteiger partial charge in [0.2, 0.25) is 0 Å². The Balaban J connectivity index is 1.96. The van der Waals surface area contributed by atoms with Gasteiger partial charge in [0.1, 0.15) is 11.6 Å². The summed E-state index contributed by atoms with van der Waals surface area (Å²) in [4.78, 5) is 11.8. The normalized spacial score (nSPS) is 10.2. The van der Waals surface area contributed by atoms with Crippen molar-refractivity contribution in [2.45, 2.75) is 6.92 Å². The molecule has 0 heterocycles. The van der Waals surface area contributed by atoms with Crippen molar-refractivity contribution < 1.29 is 13.9 Å². The lowest BCUT2D eigenvalue weighted by molar-refractivity contribution is -0.118. The van der Waals surface area contributed by atoms with E-state index in [9.17, 15) is 9.18 Å². The lowest BCUT2D eigenvalue weighted by Crippen LogP contribution is -2.21. The predicted molar refractivity (Wildman–Crippen MR) is 83.8 cm³/mol. The van der Waals surface area contributed by atoms with E-state index in [4.69, 9.17) is 10.5 Å². The van der Waals surface area contributed by atoms with Crippen LogP contribution in [0.1, 0.15) is 5.56 Å². The van der Waals surface area contributed by atoms with Crippen LogP contribution >= 0.6 is 15.9 Å². The van der Waals surface area contributed by atoms with E-state index in [1.165, 1.54) is 12.1 Å². The predicted octanol–water partition coefficient (Wildman–Crippen LogP) is 3.50. The molecule has 0 aliphatic carbocycles. The number of amides is 1. The Bertz CT molecular complexity index is 677. The molecule has 0 saturated carbocycles. The van der Waals surface area contributed by atoms with Gasteiger partial charge in [-0.15, -0.1) is 0 Å². The molecule has 0 aliphatic rings. The molecule has 110 valence electrons. The second-order valence-electron chi connectivity index (χ2n) is 4.48. The minimum atomic E-state index is -0.452. The Kier molecular flexibility index (Phi) is 4.80. The molecule has 0 spiro atoms. The summed E-state index contributed by atoms with van der Waals surface area (Å²) in [6.45, 7) is 1.73. The molecule has 0 aliphatic heterocycles. The second kappa shape index (κ2) is 6.58. The van der Waals surface area contributed by atoms with Crippen LogP contribution in [-0.4, -0.2) is 12.5 Å². The maximum absolute atomic E-state index is 12.9. The molecule has 0 fully saturated rings. The molecule has 3 N–H and O–H groups in total. The summed E-state index contributed by atoms with van der Waals surface area (Å²) in [7, 11) is 0. The maximum atomic E-state index is 12.9. The topological polar surface area (TPSA) is 64.3 Å². The first kappa shape index (κ1) is 15.3. The first-order valence-electron chi connectivity index (χ1n) is 6.19. The van der Waals surface area contributed by atoms with Crippen LogP contribution in [0.4, 0.5) is 15.8 Å². The zero-order valence-electron chi connectivity index (χ0n) is 11.3. The average molecular weight is 353 g/mol. The zero-order chi connectivity index (χ0) is 15.4. The highest BCUT2D eigenvalue weighted by molar-refractivity contribution is 9.10. The van der Waals surface area contributed by atoms with Gasteiger partial charge in [-0.3, -0.25) is 4.79 Å². The van der Waals surface area contributed by atoms with Gasteiger partial charge < -0.3 is 15.8 Å². The number of rotatable bonds is 4. The number of nitrogens with two attached hydrogens (primary N) is 1. The van der Waals surface area contributed by atoms with Gasteiger partial charge >= 0.3 is 0 Å². The van der Waals surface area contributed by atoms with Crippen LogP contribution in [0, 0.1) is 12.7 Å². The molecule has 0 atom stereocenters. The number of benzene rings is 2. The van der Waals surface area contributed by atoms with E-state index in [1.807, 2.05) is 19.1 Å². The van der Waals surface area contributed by atoms with E-state index in [0.29, 0.717) is 11.4 Å². The van der Waals surface area contributed by atoms with Gasteiger partial charge in [-0.25, -0.2) is 4.39 Å². The molecule has 21 heavy (non-hydrogen) atoms. The lowest BCUT2D eigenvalue weighted by Gasteiger charge is -2.11. The van der Waals surface area contributed by atoms with Gasteiger partial charge in [-0.1, -0.05) is 15.9 Å². The third kappa shape index (κ3) is 4.19. The van der Waals surface area contributed by atoms with Crippen LogP contribution in [0.5, 0.6) is 5.75 Å². The monoisotopic (exact) mass is 352 g/mol. The Morgan fingerprint density at radius 3 is 2.76 bits per heavy atom. The SMILES string of the molecule is Cc1cc(Br)ccc1OCC(=O)Nc1ccc(F)cc1N. The number of ether oxygens (including phenoxy) is 1. The maximum Gasteiger partial charge on any atom is 0.262 e. The molecule has 4 nitrogen and oxygen atoms in total. The number of carbonyl (C=O) groups is 1. The Labute approximate surface area is 130 Å². The largest absolute Gasteiger partial charge is 0.483 e. The van der Waals surface area contributed by atoms with E-state index in [0.717, 1.165) is 16.1 Å². The smallest absolute Gasteiger partial charge is 0.262 e. The molecule has 0 saturated heterocycles.